The highest BCUT2D eigenvalue weighted by molar-refractivity contribution is 7.85. The van der Waals surface area contributed by atoms with Gasteiger partial charge in [0.1, 0.15) is 0 Å². The van der Waals surface area contributed by atoms with Crippen molar-refractivity contribution in [2.45, 2.75) is 9.79 Å². The third-order valence-corrected chi connectivity index (χ3v) is 9.44. The average Bonchev–Trinajstić information content (AvgIpc) is 3.53. The minimum absolute atomic E-state index is 0.839. The van der Waals surface area contributed by atoms with Gasteiger partial charge in [-0.2, -0.15) is 0 Å². The molecule has 0 aliphatic heterocycles. The van der Waals surface area contributed by atoms with E-state index in [1.807, 2.05) is 36.4 Å². The largest absolute Gasteiger partial charge is 0.249 e. The highest BCUT2D eigenvalue weighted by Crippen LogP contribution is 2.48. The van der Waals surface area contributed by atoms with Crippen molar-refractivity contribution in [3.05, 3.63) is 146 Å². The van der Waals surface area contributed by atoms with Crippen LogP contribution in [0, 0.1) is 0 Å². The van der Waals surface area contributed by atoms with E-state index in [2.05, 4.69) is 109 Å². The number of hydrogen-bond acceptors (Lipinski definition) is 1. The van der Waals surface area contributed by atoms with Gasteiger partial charge in [-0.3, -0.25) is 0 Å². The standard InChI is InChI=1S/C22H14OS.C16H10/c23-24(16-8-2-1-3-9-16)17-12-13-18-19-10-4-6-15-7-5-11-20(22(15)19)21(18)14-17;1-2-8-13-12(7-1)14-9-3-5-11-6-4-10-15(13)16(11)14/h1-14H;1-10H. The molecule has 0 radical (unpaired) electrons. The fraction of sp³-hybridized carbons (Fsp3) is 0. The van der Waals surface area contributed by atoms with Crippen LogP contribution in [0.25, 0.3) is 66.1 Å². The zero-order valence-corrected chi connectivity index (χ0v) is 22.5. The van der Waals surface area contributed by atoms with E-state index in [0.29, 0.717) is 0 Å². The van der Waals surface area contributed by atoms with Crippen LogP contribution >= 0.6 is 0 Å². The van der Waals surface area contributed by atoms with E-state index < -0.39 is 10.8 Å². The quantitative estimate of drug-likeness (QED) is 0.218. The molecule has 1 unspecified atom stereocenters. The van der Waals surface area contributed by atoms with Crippen molar-refractivity contribution >= 4 is 32.3 Å². The Hall–Kier alpha value is -4.79. The summed E-state index contributed by atoms with van der Waals surface area (Å²) in [5, 5.41) is 5.31. The number of benzene rings is 7. The van der Waals surface area contributed by atoms with E-state index in [-0.39, 0.29) is 0 Å². The Kier molecular flexibility index (Phi) is 5.29. The lowest BCUT2D eigenvalue weighted by Crippen LogP contribution is -1.93. The molecule has 2 aliphatic rings. The van der Waals surface area contributed by atoms with E-state index >= 15 is 0 Å². The van der Waals surface area contributed by atoms with E-state index in [1.54, 1.807) is 0 Å². The molecular formula is C38H24OS. The predicted octanol–water partition coefficient (Wildman–Crippen LogP) is 10.1. The maximum Gasteiger partial charge on any atom is 0.0849 e. The lowest BCUT2D eigenvalue weighted by Gasteiger charge is -2.06. The molecule has 40 heavy (non-hydrogen) atoms. The van der Waals surface area contributed by atoms with Crippen molar-refractivity contribution < 1.29 is 4.21 Å². The number of fused-ring (bicyclic) bond motifs is 6. The van der Waals surface area contributed by atoms with Crippen LogP contribution in [0.1, 0.15) is 0 Å². The van der Waals surface area contributed by atoms with Gasteiger partial charge in [0, 0.05) is 9.79 Å². The van der Waals surface area contributed by atoms with Gasteiger partial charge in [-0.25, -0.2) is 4.21 Å². The summed E-state index contributed by atoms with van der Waals surface area (Å²) in [7, 11) is -1.15. The third kappa shape index (κ3) is 3.50. The van der Waals surface area contributed by atoms with Gasteiger partial charge in [0.05, 0.1) is 10.8 Å². The molecule has 0 amide bonds. The van der Waals surface area contributed by atoms with Gasteiger partial charge in [0.15, 0.2) is 0 Å². The summed E-state index contributed by atoms with van der Waals surface area (Å²) in [6.07, 6.45) is 0. The van der Waals surface area contributed by atoms with Gasteiger partial charge in [-0.15, -0.1) is 0 Å². The molecule has 0 fully saturated rings. The summed E-state index contributed by atoms with van der Waals surface area (Å²) < 4.78 is 12.9. The zero-order valence-electron chi connectivity index (χ0n) is 21.7. The van der Waals surface area contributed by atoms with Crippen LogP contribution in [-0.4, -0.2) is 4.21 Å². The first-order chi connectivity index (χ1) is 19.8. The minimum atomic E-state index is -1.15. The molecule has 7 aromatic rings. The molecule has 0 saturated heterocycles. The van der Waals surface area contributed by atoms with Crippen molar-refractivity contribution in [3.63, 3.8) is 0 Å². The van der Waals surface area contributed by atoms with E-state index in [0.717, 1.165) is 9.79 Å². The van der Waals surface area contributed by atoms with Crippen molar-refractivity contribution in [1.29, 1.82) is 0 Å². The summed E-state index contributed by atoms with van der Waals surface area (Å²) in [4.78, 5) is 1.69. The molecule has 188 valence electrons. The molecule has 2 heteroatoms. The highest BCUT2D eigenvalue weighted by Gasteiger charge is 2.22. The van der Waals surface area contributed by atoms with Crippen LogP contribution in [0.3, 0.4) is 0 Å². The second kappa shape index (κ2) is 9.15. The normalized spacial score (nSPS) is 12.5. The Balaban J connectivity index is 0.000000133. The summed E-state index contributed by atoms with van der Waals surface area (Å²) in [6, 6.07) is 50.4. The Bertz CT molecular complexity index is 2060. The summed E-state index contributed by atoms with van der Waals surface area (Å²) in [5.74, 6) is 0. The summed E-state index contributed by atoms with van der Waals surface area (Å²) >= 11 is 0. The Morgan fingerprint density at radius 2 is 0.750 bits per heavy atom. The first kappa shape index (κ1) is 23.1. The van der Waals surface area contributed by atoms with Gasteiger partial charge in [-0.1, -0.05) is 121 Å². The van der Waals surface area contributed by atoms with E-state index in [1.165, 1.54) is 66.1 Å². The van der Waals surface area contributed by atoms with E-state index in [9.17, 15) is 4.21 Å². The van der Waals surface area contributed by atoms with Crippen LogP contribution < -0.4 is 0 Å². The molecule has 0 bridgehead atoms. The molecule has 0 saturated carbocycles. The molecule has 2 aliphatic carbocycles. The first-order valence-electron chi connectivity index (χ1n) is 13.5. The zero-order chi connectivity index (χ0) is 26.6. The minimum Gasteiger partial charge on any atom is -0.249 e. The predicted molar refractivity (Wildman–Crippen MR) is 168 cm³/mol. The highest BCUT2D eigenvalue weighted by atomic mass is 32.2. The molecule has 0 N–H and O–H groups in total. The Morgan fingerprint density at radius 1 is 0.325 bits per heavy atom. The summed E-state index contributed by atoms with van der Waals surface area (Å²) in [6.45, 7) is 0. The Morgan fingerprint density at radius 3 is 1.27 bits per heavy atom. The van der Waals surface area contributed by atoms with Crippen molar-refractivity contribution in [1.82, 2.24) is 0 Å². The van der Waals surface area contributed by atoms with Gasteiger partial charge in [-0.05, 0) is 90.3 Å². The molecule has 0 heterocycles. The average molecular weight is 529 g/mol. The molecule has 0 spiro atoms. The molecule has 7 aromatic carbocycles. The maximum absolute atomic E-state index is 12.9. The molecule has 1 nitrogen and oxygen atoms in total. The van der Waals surface area contributed by atoms with E-state index in [4.69, 9.17) is 0 Å². The van der Waals surface area contributed by atoms with Crippen LogP contribution in [0.5, 0.6) is 0 Å². The number of hydrogen-bond donors (Lipinski definition) is 0. The molecule has 9 rings (SSSR count). The van der Waals surface area contributed by atoms with Crippen molar-refractivity contribution in [3.8, 4) is 44.5 Å². The maximum atomic E-state index is 12.9. The van der Waals surface area contributed by atoms with Gasteiger partial charge in [0.25, 0.3) is 0 Å². The van der Waals surface area contributed by atoms with Crippen LogP contribution in [0.15, 0.2) is 155 Å². The molecular weight excluding hydrogens is 504 g/mol. The van der Waals surface area contributed by atoms with Crippen LogP contribution in [-0.2, 0) is 10.8 Å². The molecule has 0 aromatic heterocycles. The van der Waals surface area contributed by atoms with Crippen LogP contribution in [0.2, 0.25) is 0 Å². The second-order valence-corrected chi connectivity index (χ2v) is 11.7. The summed E-state index contributed by atoms with van der Waals surface area (Å²) in [5.41, 5.74) is 10.4. The Labute approximate surface area is 235 Å². The second-order valence-electron chi connectivity index (χ2n) is 10.3. The number of rotatable bonds is 2. The smallest absolute Gasteiger partial charge is 0.0849 e. The van der Waals surface area contributed by atoms with Crippen molar-refractivity contribution in [2.24, 2.45) is 0 Å². The fourth-order valence-corrected chi connectivity index (χ4v) is 7.40. The SMILES string of the molecule is O=S(c1ccccc1)c1ccc2c(c1)-c1cccc3cccc-2c13.c1ccc2c(c1)-c1cccc3cccc-2c13. The van der Waals surface area contributed by atoms with Gasteiger partial charge < -0.3 is 0 Å². The lowest BCUT2D eigenvalue weighted by atomic mass is 10.0. The van der Waals surface area contributed by atoms with Crippen molar-refractivity contribution in [2.75, 3.05) is 0 Å². The van der Waals surface area contributed by atoms with Gasteiger partial charge >= 0.3 is 0 Å². The molecule has 1 atom stereocenters. The first-order valence-corrected chi connectivity index (χ1v) is 14.7. The lowest BCUT2D eigenvalue weighted by molar-refractivity contribution is 0.683. The monoisotopic (exact) mass is 528 g/mol. The van der Waals surface area contributed by atoms with Gasteiger partial charge in [0.2, 0.25) is 0 Å². The fourth-order valence-electron chi connectivity index (χ4n) is 6.31. The topological polar surface area (TPSA) is 17.1 Å². The van der Waals surface area contributed by atoms with Crippen LogP contribution in [0.4, 0.5) is 0 Å². The third-order valence-electron chi connectivity index (χ3n) is 8.06.